The van der Waals surface area contributed by atoms with Gasteiger partial charge in [-0.05, 0) is 23.3 Å². The highest BCUT2D eigenvalue weighted by molar-refractivity contribution is 6.35. The molecule has 1 N–H and O–H groups in total. The summed E-state index contributed by atoms with van der Waals surface area (Å²) in [4.78, 5) is 16.8. The summed E-state index contributed by atoms with van der Waals surface area (Å²) in [5.74, 6) is 0.488. The molecule has 120 valence electrons. The van der Waals surface area contributed by atoms with Crippen LogP contribution < -0.4 is 5.48 Å². The van der Waals surface area contributed by atoms with Crippen LogP contribution in [0.2, 0.25) is 0 Å². The molecule has 0 aliphatic rings. The molecule has 3 aromatic rings. The number of hydrogen-bond acceptors (Lipinski definition) is 5. The van der Waals surface area contributed by atoms with Crippen molar-refractivity contribution in [2.45, 2.75) is 6.54 Å². The Hall–Kier alpha value is -3.18. The van der Waals surface area contributed by atoms with E-state index in [1.54, 1.807) is 30.5 Å². The van der Waals surface area contributed by atoms with Crippen molar-refractivity contribution in [2.24, 2.45) is 5.16 Å². The second kappa shape index (κ2) is 7.89. The fraction of sp³-hybridized carbons (Fsp3) is 0.0526. The summed E-state index contributed by atoms with van der Waals surface area (Å²) >= 11 is 0. The molecule has 0 aliphatic heterocycles. The van der Waals surface area contributed by atoms with Crippen LogP contribution in [0.1, 0.15) is 16.1 Å². The van der Waals surface area contributed by atoms with Crippen molar-refractivity contribution in [3.05, 3.63) is 84.3 Å². The van der Waals surface area contributed by atoms with Crippen molar-refractivity contribution >= 4 is 12.0 Å². The number of rotatable bonds is 7. The van der Waals surface area contributed by atoms with Gasteiger partial charge in [0.25, 0.3) is 0 Å². The summed E-state index contributed by atoms with van der Waals surface area (Å²) in [5, 5.41) is 3.60. The molecule has 0 atom stereocenters. The maximum atomic E-state index is 12.0. The van der Waals surface area contributed by atoms with Gasteiger partial charge in [-0.1, -0.05) is 59.8 Å². The Morgan fingerprint density at radius 2 is 1.75 bits per heavy atom. The molecule has 0 radical (unpaired) electrons. The number of carbonyl (C=O) groups excluding carboxylic acids is 1. The van der Waals surface area contributed by atoms with Crippen LogP contribution in [0, 0.1) is 0 Å². The zero-order valence-corrected chi connectivity index (χ0v) is 12.9. The van der Waals surface area contributed by atoms with Gasteiger partial charge in [0, 0.05) is 5.56 Å². The van der Waals surface area contributed by atoms with Crippen molar-refractivity contribution in [1.82, 2.24) is 5.48 Å². The Labute approximate surface area is 139 Å². The Morgan fingerprint density at radius 3 is 2.46 bits per heavy atom. The lowest BCUT2D eigenvalue weighted by Crippen LogP contribution is -2.11. The van der Waals surface area contributed by atoms with Crippen molar-refractivity contribution in [1.29, 1.82) is 0 Å². The van der Waals surface area contributed by atoms with Gasteiger partial charge < -0.3 is 4.42 Å². The number of nitrogens with zero attached hydrogens (tertiary/aromatic N) is 1. The topological polar surface area (TPSA) is 63.8 Å². The van der Waals surface area contributed by atoms with Gasteiger partial charge in [0.15, 0.2) is 0 Å². The largest absolute Gasteiger partial charge is 0.468 e. The van der Waals surface area contributed by atoms with E-state index < -0.39 is 0 Å². The van der Waals surface area contributed by atoms with E-state index in [2.05, 4.69) is 10.6 Å². The summed E-state index contributed by atoms with van der Waals surface area (Å²) in [6, 6.07) is 20.9. The molecule has 1 aromatic heterocycles. The molecule has 1 heterocycles. The molecular formula is C19H16N2O3. The van der Waals surface area contributed by atoms with Gasteiger partial charge in [-0.25, -0.2) is 0 Å². The molecule has 0 saturated carbocycles. The molecule has 5 nitrogen and oxygen atoms in total. The lowest BCUT2D eigenvalue weighted by Gasteiger charge is -2.02. The standard InChI is InChI=1S/C19H16N2O3/c22-19(14-21-24-20-13-18-7-4-12-23-18)17-10-8-16(9-11-17)15-5-2-1-3-6-15/h1-12,14,20H,13H2/b21-14+. The highest BCUT2D eigenvalue weighted by Crippen LogP contribution is 2.19. The number of carbonyl (C=O) groups is 1. The monoisotopic (exact) mass is 320 g/mol. The molecule has 0 spiro atoms. The van der Waals surface area contributed by atoms with Gasteiger partial charge in [-0.2, -0.15) is 0 Å². The Morgan fingerprint density at radius 1 is 1.00 bits per heavy atom. The third kappa shape index (κ3) is 4.18. The van der Waals surface area contributed by atoms with Crippen LogP contribution in [0.5, 0.6) is 0 Å². The fourth-order valence-electron chi connectivity index (χ4n) is 2.16. The van der Waals surface area contributed by atoms with Crippen molar-refractivity contribution in [3.8, 4) is 11.1 Å². The predicted octanol–water partition coefficient (Wildman–Crippen LogP) is 3.84. The molecule has 0 aliphatic carbocycles. The van der Waals surface area contributed by atoms with Crippen LogP contribution in [0.25, 0.3) is 11.1 Å². The smallest absolute Gasteiger partial charge is 0.207 e. The summed E-state index contributed by atoms with van der Waals surface area (Å²) in [7, 11) is 0. The van der Waals surface area contributed by atoms with Gasteiger partial charge in [0.2, 0.25) is 5.78 Å². The number of Topliss-reactive ketones (excluding diaryl/α,β-unsaturated/α-hetero) is 1. The highest BCUT2D eigenvalue weighted by atomic mass is 16.8. The first kappa shape index (κ1) is 15.7. The quantitative estimate of drug-likeness (QED) is 0.311. The van der Waals surface area contributed by atoms with Crippen LogP contribution in [-0.2, 0) is 11.5 Å². The zero-order valence-electron chi connectivity index (χ0n) is 12.9. The molecule has 5 heteroatoms. The average molecular weight is 320 g/mol. The Kier molecular flexibility index (Phi) is 5.17. The number of hydrogen-bond donors (Lipinski definition) is 1. The first-order valence-corrected chi connectivity index (χ1v) is 7.47. The lowest BCUT2D eigenvalue weighted by atomic mass is 10.0. The lowest BCUT2D eigenvalue weighted by molar-refractivity contribution is 0.0390. The van der Waals surface area contributed by atoms with Gasteiger partial charge in [-0.15, -0.1) is 5.48 Å². The molecule has 0 unspecified atom stereocenters. The predicted molar refractivity (Wildman–Crippen MR) is 91.3 cm³/mol. The van der Waals surface area contributed by atoms with E-state index in [1.807, 2.05) is 42.5 Å². The number of ketones is 1. The molecule has 24 heavy (non-hydrogen) atoms. The minimum absolute atomic E-state index is 0.227. The molecule has 3 rings (SSSR count). The van der Waals surface area contributed by atoms with E-state index in [9.17, 15) is 4.79 Å². The molecule has 2 aromatic carbocycles. The van der Waals surface area contributed by atoms with Crippen molar-refractivity contribution in [2.75, 3.05) is 0 Å². The normalized spacial score (nSPS) is 10.8. The van der Waals surface area contributed by atoms with E-state index in [1.165, 1.54) is 0 Å². The van der Waals surface area contributed by atoms with Gasteiger partial charge in [-0.3, -0.25) is 9.73 Å². The summed E-state index contributed by atoms with van der Waals surface area (Å²) < 4.78 is 5.12. The number of nitrogens with one attached hydrogen (secondary N) is 1. The van der Waals surface area contributed by atoms with Crippen molar-refractivity contribution < 1.29 is 14.2 Å². The summed E-state index contributed by atoms with van der Waals surface area (Å²) in [6.45, 7) is 0.365. The van der Waals surface area contributed by atoms with Crippen molar-refractivity contribution in [3.63, 3.8) is 0 Å². The van der Waals surface area contributed by atoms with E-state index in [-0.39, 0.29) is 5.78 Å². The number of benzene rings is 2. The molecule has 0 amide bonds. The van der Waals surface area contributed by atoms with Crippen LogP contribution in [0.4, 0.5) is 0 Å². The first-order valence-electron chi connectivity index (χ1n) is 7.47. The van der Waals surface area contributed by atoms with Gasteiger partial charge in [0.1, 0.15) is 12.0 Å². The second-order valence-electron chi connectivity index (χ2n) is 5.03. The number of furan rings is 1. The zero-order chi connectivity index (χ0) is 16.6. The SMILES string of the molecule is O=C(/C=N/ONCc1ccco1)c1ccc(-c2ccccc2)cc1. The van der Waals surface area contributed by atoms with Crippen LogP contribution in [0.15, 0.2) is 82.6 Å². The third-order valence-electron chi connectivity index (χ3n) is 3.39. The van der Waals surface area contributed by atoms with Gasteiger partial charge in [0.05, 0.1) is 12.8 Å². The molecule has 0 bridgehead atoms. The number of hydroxylamine groups is 1. The number of oxime groups is 1. The molecular weight excluding hydrogens is 304 g/mol. The van der Waals surface area contributed by atoms with Crippen LogP contribution in [-0.4, -0.2) is 12.0 Å². The Balaban J connectivity index is 1.52. The van der Waals surface area contributed by atoms with Crippen LogP contribution >= 0.6 is 0 Å². The minimum Gasteiger partial charge on any atom is -0.468 e. The van der Waals surface area contributed by atoms with E-state index >= 15 is 0 Å². The molecule has 0 saturated heterocycles. The Bertz CT molecular complexity index is 794. The average Bonchev–Trinajstić information content (AvgIpc) is 3.16. The minimum atomic E-state index is -0.227. The summed E-state index contributed by atoms with van der Waals surface area (Å²) in [5.41, 5.74) is 5.29. The fourth-order valence-corrected chi connectivity index (χ4v) is 2.16. The van der Waals surface area contributed by atoms with Crippen LogP contribution in [0.3, 0.4) is 0 Å². The second-order valence-corrected chi connectivity index (χ2v) is 5.03. The molecule has 0 fully saturated rings. The third-order valence-corrected chi connectivity index (χ3v) is 3.39. The summed E-state index contributed by atoms with van der Waals surface area (Å²) in [6.07, 6.45) is 2.70. The maximum absolute atomic E-state index is 12.0. The maximum Gasteiger partial charge on any atom is 0.207 e. The van der Waals surface area contributed by atoms with Gasteiger partial charge >= 0.3 is 0 Å². The van der Waals surface area contributed by atoms with E-state index in [0.717, 1.165) is 17.3 Å². The highest BCUT2D eigenvalue weighted by Gasteiger charge is 2.04. The van der Waals surface area contributed by atoms with E-state index in [0.29, 0.717) is 17.9 Å². The first-order chi connectivity index (χ1) is 11.8. The van der Waals surface area contributed by atoms with E-state index in [4.69, 9.17) is 9.36 Å².